The molecular formula is C10H20F3NO2. The molecule has 0 heterocycles. The van der Waals surface area contributed by atoms with Gasteiger partial charge >= 0.3 is 6.36 Å². The summed E-state index contributed by atoms with van der Waals surface area (Å²) in [4.78, 5) is 0. The molecule has 0 spiro atoms. The van der Waals surface area contributed by atoms with Gasteiger partial charge in [-0.15, -0.1) is 13.2 Å². The summed E-state index contributed by atoms with van der Waals surface area (Å²) in [6.07, 6.45) is -2.50. The van der Waals surface area contributed by atoms with E-state index in [1.54, 1.807) is 0 Å². The van der Waals surface area contributed by atoms with E-state index >= 15 is 0 Å². The second kappa shape index (κ2) is 8.78. The van der Waals surface area contributed by atoms with Gasteiger partial charge in [0.25, 0.3) is 0 Å². The zero-order valence-electron chi connectivity index (χ0n) is 9.77. The molecule has 1 N–H and O–H groups in total. The Morgan fingerprint density at radius 2 is 1.75 bits per heavy atom. The van der Waals surface area contributed by atoms with Crippen LogP contribution in [0.4, 0.5) is 13.2 Å². The molecule has 3 nitrogen and oxygen atoms in total. The summed E-state index contributed by atoms with van der Waals surface area (Å²) in [7, 11) is 0. The summed E-state index contributed by atoms with van der Waals surface area (Å²) in [6, 6.07) is 0. The van der Waals surface area contributed by atoms with Crippen LogP contribution in [0.1, 0.15) is 26.7 Å². The van der Waals surface area contributed by atoms with Crippen molar-refractivity contribution >= 4 is 0 Å². The summed E-state index contributed by atoms with van der Waals surface area (Å²) >= 11 is 0. The van der Waals surface area contributed by atoms with E-state index in [0.29, 0.717) is 13.2 Å². The Bertz CT molecular complexity index is 163. The lowest BCUT2D eigenvalue weighted by Gasteiger charge is -2.09. The molecule has 0 radical (unpaired) electrons. The normalized spacial score (nSPS) is 12.4. The van der Waals surface area contributed by atoms with Gasteiger partial charge in [0.1, 0.15) is 0 Å². The molecule has 0 aliphatic rings. The average molecular weight is 243 g/mol. The fourth-order valence-electron chi connectivity index (χ4n) is 1.04. The third-order valence-electron chi connectivity index (χ3n) is 1.74. The van der Waals surface area contributed by atoms with Crippen molar-refractivity contribution < 1.29 is 22.6 Å². The Hall–Kier alpha value is -0.330. The van der Waals surface area contributed by atoms with Gasteiger partial charge < -0.3 is 10.1 Å². The van der Waals surface area contributed by atoms with Crippen LogP contribution in [0.2, 0.25) is 0 Å². The number of unbranched alkanes of at least 4 members (excludes halogenated alkanes) is 1. The zero-order chi connectivity index (χ0) is 12.4. The number of nitrogens with one attached hydrogen (secondary N) is 1. The van der Waals surface area contributed by atoms with Gasteiger partial charge in [0.15, 0.2) is 0 Å². The van der Waals surface area contributed by atoms with Crippen LogP contribution < -0.4 is 5.32 Å². The second-order valence-electron chi connectivity index (χ2n) is 3.67. The molecule has 6 heteroatoms. The first-order valence-corrected chi connectivity index (χ1v) is 5.45. The SMILES string of the molecule is CC(C)OCCCCNCCOC(F)(F)F. The van der Waals surface area contributed by atoms with E-state index < -0.39 is 6.36 Å². The first-order chi connectivity index (χ1) is 7.42. The Labute approximate surface area is 94.3 Å². The van der Waals surface area contributed by atoms with E-state index in [1.165, 1.54) is 0 Å². The molecule has 0 unspecified atom stereocenters. The third kappa shape index (κ3) is 13.7. The third-order valence-corrected chi connectivity index (χ3v) is 1.74. The van der Waals surface area contributed by atoms with Crippen molar-refractivity contribution in [2.75, 3.05) is 26.3 Å². The number of hydrogen-bond acceptors (Lipinski definition) is 3. The summed E-state index contributed by atoms with van der Waals surface area (Å²) < 4.78 is 43.5. The minimum absolute atomic E-state index is 0.213. The molecule has 98 valence electrons. The van der Waals surface area contributed by atoms with Gasteiger partial charge in [0, 0.05) is 13.2 Å². The first kappa shape index (κ1) is 15.7. The van der Waals surface area contributed by atoms with E-state index in [2.05, 4.69) is 10.1 Å². The van der Waals surface area contributed by atoms with Gasteiger partial charge in [0.2, 0.25) is 0 Å². The van der Waals surface area contributed by atoms with Gasteiger partial charge in [-0.05, 0) is 33.2 Å². The van der Waals surface area contributed by atoms with Crippen LogP contribution in [0.15, 0.2) is 0 Å². The monoisotopic (exact) mass is 243 g/mol. The number of ether oxygens (including phenoxy) is 2. The van der Waals surface area contributed by atoms with Crippen molar-refractivity contribution in [3.8, 4) is 0 Å². The van der Waals surface area contributed by atoms with Gasteiger partial charge in [-0.1, -0.05) is 0 Å². The number of hydrogen-bond donors (Lipinski definition) is 1. The Morgan fingerprint density at radius 3 is 2.31 bits per heavy atom. The molecule has 0 aliphatic heterocycles. The molecule has 0 saturated heterocycles. The maximum absolute atomic E-state index is 11.5. The lowest BCUT2D eigenvalue weighted by atomic mass is 10.3. The van der Waals surface area contributed by atoms with Gasteiger partial charge in [-0.2, -0.15) is 0 Å². The van der Waals surface area contributed by atoms with Crippen LogP contribution in [-0.4, -0.2) is 38.8 Å². The highest BCUT2D eigenvalue weighted by atomic mass is 19.4. The molecule has 0 aromatic rings. The Balaban J connectivity index is 3.05. The van der Waals surface area contributed by atoms with E-state index in [-0.39, 0.29) is 19.3 Å². The van der Waals surface area contributed by atoms with E-state index in [1.807, 2.05) is 13.8 Å². The topological polar surface area (TPSA) is 30.5 Å². The van der Waals surface area contributed by atoms with E-state index in [4.69, 9.17) is 4.74 Å². The quantitative estimate of drug-likeness (QED) is 0.630. The number of halogens is 3. The van der Waals surface area contributed by atoms with Crippen LogP contribution in [0.3, 0.4) is 0 Å². The van der Waals surface area contributed by atoms with Crippen molar-refractivity contribution in [3.05, 3.63) is 0 Å². The van der Waals surface area contributed by atoms with Crippen molar-refractivity contribution in [1.82, 2.24) is 5.32 Å². The highest BCUT2D eigenvalue weighted by Crippen LogP contribution is 2.14. The standard InChI is InChI=1S/C10H20F3NO2/c1-9(2)15-7-4-3-5-14-6-8-16-10(11,12)13/h9,14H,3-8H2,1-2H3. The Kier molecular flexibility index (Phi) is 8.60. The molecule has 0 atom stereocenters. The largest absolute Gasteiger partial charge is 0.522 e. The minimum atomic E-state index is -4.52. The molecule has 0 amide bonds. The van der Waals surface area contributed by atoms with E-state index in [9.17, 15) is 13.2 Å². The fourth-order valence-corrected chi connectivity index (χ4v) is 1.04. The minimum Gasteiger partial charge on any atom is -0.379 e. The predicted molar refractivity (Wildman–Crippen MR) is 55.2 cm³/mol. The van der Waals surface area contributed by atoms with Crippen molar-refractivity contribution in [2.45, 2.75) is 39.2 Å². The smallest absolute Gasteiger partial charge is 0.379 e. The second-order valence-corrected chi connectivity index (χ2v) is 3.67. The lowest BCUT2D eigenvalue weighted by molar-refractivity contribution is -0.323. The molecular weight excluding hydrogens is 223 g/mol. The fraction of sp³-hybridized carbons (Fsp3) is 1.00. The van der Waals surface area contributed by atoms with Gasteiger partial charge in [0.05, 0.1) is 12.7 Å². The maximum Gasteiger partial charge on any atom is 0.522 e. The molecule has 0 saturated carbocycles. The average Bonchev–Trinajstić information content (AvgIpc) is 2.13. The lowest BCUT2D eigenvalue weighted by Crippen LogP contribution is -2.25. The van der Waals surface area contributed by atoms with Crippen LogP contribution in [-0.2, 0) is 9.47 Å². The van der Waals surface area contributed by atoms with Crippen LogP contribution in [0.25, 0.3) is 0 Å². The number of rotatable bonds is 9. The first-order valence-electron chi connectivity index (χ1n) is 5.45. The van der Waals surface area contributed by atoms with Gasteiger partial charge in [-0.3, -0.25) is 4.74 Å². The molecule has 0 bridgehead atoms. The summed E-state index contributed by atoms with van der Waals surface area (Å²) in [5, 5.41) is 2.87. The van der Waals surface area contributed by atoms with Crippen molar-refractivity contribution in [3.63, 3.8) is 0 Å². The van der Waals surface area contributed by atoms with Crippen LogP contribution >= 0.6 is 0 Å². The summed E-state index contributed by atoms with van der Waals surface area (Å²) in [6.45, 7) is 5.18. The van der Waals surface area contributed by atoms with Crippen molar-refractivity contribution in [1.29, 1.82) is 0 Å². The Morgan fingerprint density at radius 1 is 1.06 bits per heavy atom. The molecule has 16 heavy (non-hydrogen) atoms. The number of alkyl halides is 3. The zero-order valence-corrected chi connectivity index (χ0v) is 9.77. The predicted octanol–water partition coefficient (Wildman–Crippen LogP) is 2.32. The molecule has 0 aromatic heterocycles. The summed E-state index contributed by atoms with van der Waals surface area (Å²) in [5.74, 6) is 0. The van der Waals surface area contributed by atoms with Crippen LogP contribution in [0.5, 0.6) is 0 Å². The molecule has 0 aliphatic carbocycles. The van der Waals surface area contributed by atoms with Crippen molar-refractivity contribution in [2.24, 2.45) is 0 Å². The molecule has 0 aromatic carbocycles. The molecule has 0 rings (SSSR count). The summed E-state index contributed by atoms with van der Waals surface area (Å²) in [5.41, 5.74) is 0. The van der Waals surface area contributed by atoms with E-state index in [0.717, 1.165) is 12.8 Å². The maximum atomic E-state index is 11.5. The highest BCUT2D eigenvalue weighted by Gasteiger charge is 2.28. The van der Waals surface area contributed by atoms with Gasteiger partial charge in [-0.25, -0.2) is 0 Å². The highest BCUT2D eigenvalue weighted by molar-refractivity contribution is 4.48. The van der Waals surface area contributed by atoms with Crippen LogP contribution in [0, 0.1) is 0 Å². The molecule has 0 fully saturated rings.